The lowest BCUT2D eigenvalue weighted by Gasteiger charge is -2.05. The third kappa shape index (κ3) is 2.53. The number of esters is 1. The lowest BCUT2D eigenvalue weighted by Crippen LogP contribution is -2.05. The maximum atomic E-state index is 11.2. The van der Waals surface area contributed by atoms with Crippen LogP contribution in [0.2, 0.25) is 0 Å². The standard InChI is InChI=1S/C9H11NO3.ClH/c1-2-13-9(12)6-4-3-5-7(10)8(6)11;/h3-5,11H,2,10H2,1H3;1H. The van der Waals surface area contributed by atoms with Gasteiger partial charge in [-0.1, -0.05) is 6.07 Å². The van der Waals surface area contributed by atoms with Crippen LogP contribution in [-0.4, -0.2) is 17.7 Å². The molecule has 1 rings (SSSR count). The Labute approximate surface area is 88.1 Å². The summed E-state index contributed by atoms with van der Waals surface area (Å²) in [5.74, 6) is -0.784. The fourth-order valence-electron chi connectivity index (χ4n) is 0.935. The van der Waals surface area contributed by atoms with Crippen molar-refractivity contribution in [3.05, 3.63) is 23.8 Å². The van der Waals surface area contributed by atoms with E-state index >= 15 is 0 Å². The van der Waals surface area contributed by atoms with Gasteiger partial charge >= 0.3 is 5.97 Å². The van der Waals surface area contributed by atoms with Crippen LogP contribution >= 0.6 is 12.4 Å². The number of rotatable bonds is 2. The molecule has 5 heteroatoms. The van der Waals surface area contributed by atoms with E-state index in [0.717, 1.165) is 0 Å². The summed E-state index contributed by atoms with van der Waals surface area (Å²) in [7, 11) is 0. The first kappa shape index (κ1) is 12.6. The van der Waals surface area contributed by atoms with Crippen LogP contribution in [-0.2, 0) is 4.74 Å². The van der Waals surface area contributed by atoms with E-state index < -0.39 is 5.97 Å². The Kier molecular flexibility index (Phi) is 4.80. The van der Waals surface area contributed by atoms with Crippen molar-refractivity contribution >= 4 is 24.1 Å². The zero-order valence-electron chi connectivity index (χ0n) is 7.69. The number of benzene rings is 1. The normalized spacial score (nSPS) is 8.93. The van der Waals surface area contributed by atoms with E-state index in [0.29, 0.717) is 0 Å². The first-order valence-corrected chi connectivity index (χ1v) is 3.91. The van der Waals surface area contributed by atoms with E-state index in [9.17, 15) is 9.90 Å². The number of carbonyl (C=O) groups is 1. The fraction of sp³-hybridized carbons (Fsp3) is 0.222. The number of anilines is 1. The van der Waals surface area contributed by atoms with Crippen LogP contribution in [0.25, 0.3) is 0 Å². The summed E-state index contributed by atoms with van der Waals surface area (Å²) < 4.78 is 4.71. The molecule has 0 aliphatic carbocycles. The van der Waals surface area contributed by atoms with Gasteiger partial charge in [-0.2, -0.15) is 0 Å². The lowest BCUT2D eigenvalue weighted by molar-refractivity contribution is 0.0523. The summed E-state index contributed by atoms with van der Waals surface area (Å²) >= 11 is 0. The minimum absolute atomic E-state index is 0. The van der Waals surface area contributed by atoms with Crippen LogP contribution in [0.1, 0.15) is 17.3 Å². The number of hydrogen-bond acceptors (Lipinski definition) is 4. The molecule has 0 atom stereocenters. The molecule has 78 valence electrons. The summed E-state index contributed by atoms with van der Waals surface area (Å²) in [6, 6.07) is 4.56. The Morgan fingerprint density at radius 1 is 1.57 bits per heavy atom. The topological polar surface area (TPSA) is 72.5 Å². The van der Waals surface area contributed by atoms with Gasteiger partial charge in [-0.3, -0.25) is 0 Å². The molecular weight excluding hydrogens is 206 g/mol. The molecule has 1 aromatic carbocycles. The summed E-state index contributed by atoms with van der Waals surface area (Å²) in [6.45, 7) is 1.97. The van der Waals surface area contributed by atoms with E-state index in [1.54, 1.807) is 13.0 Å². The average Bonchev–Trinajstić information content (AvgIpc) is 2.10. The molecule has 0 heterocycles. The van der Waals surface area contributed by atoms with Crippen molar-refractivity contribution in [2.24, 2.45) is 0 Å². The number of phenols is 1. The van der Waals surface area contributed by atoms with Crippen LogP contribution in [0.3, 0.4) is 0 Å². The molecule has 0 radical (unpaired) electrons. The highest BCUT2D eigenvalue weighted by molar-refractivity contribution is 5.94. The number of aromatic hydroxyl groups is 1. The second-order valence-electron chi connectivity index (χ2n) is 2.46. The van der Waals surface area contributed by atoms with Crippen LogP contribution in [0.5, 0.6) is 5.75 Å². The smallest absolute Gasteiger partial charge is 0.341 e. The van der Waals surface area contributed by atoms with Crippen LogP contribution in [0, 0.1) is 0 Å². The molecular formula is C9H12ClNO3. The number of nitrogen functional groups attached to an aromatic ring is 1. The number of ether oxygens (including phenoxy) is 1. The predicted octanol–water partition coefficient (Wildman–Crippen LogP) is 1.57. The molecule has 4 nitrogen and oxygen atoms in total. The zero-order chi connectivity index (χ0) is 9.84. The molecule has 0 bridgehead atoms. The first-order chi connectivity index (χ1) is 6.16. The van der Waals surface area contributed by atoms with Gasteiger partial charge in [0.05, 0.1) is 12.3 Å². The highest BCUT2D eigenvalue weighted by Gasteiger charge is 2.12. The van der Waals surface area contributed by atoms with Gasteiger partial charge in [-0.15, -0.1) is 12.4 Å². The maximum absolute atomic E-state index is 11.2. The van der Waals surface area contributed by atoms with Gasteiger partial charge in [0, 0.05) is 0 Å². The Balaban J connectivity index is 0.00000169. The molecule has 0 spiro atoms. The minimum atomic E-state index is -0.563. The minimum Gasteiger partial charge on any atom is -0.505 e. The van der Waals surface area contributed by atoms with Crippen LogP contribution in [0.15, 0.2) is 18.2 Å². The number of para-hydroxylation sites is 1. The molecule has 14 heavy (non-hydrogen) atoms. The highest BCUT2D eigenvalue weighted by atomic mass is 35.5. The second-order valence-corrected chi connectivity index (χ2v) is 2.46. The molecule has 0 fully saturated rings. The van der Waals surface area contributed by atoms with Gasteiger partial charge in [-0.05, 0) is 19.1 Å². The largest absolute Gasteiger partial charge is 0.505 e. The molecule has 1 aromatic rings. The van der Waals surface area contributed by atoms with Gasteiger partial charge in [0.15, 0.2) is 5.75 Å². The monoisotopic (exact) mass is 217 g/mol. The molecule has 0 saturated carbocycles. The van der Waals surface area contributed by atoms with Crippen molar-refractivity contribution in [2.45, 2.75) is 6.92 Å². The number of hydrogen-bond donors (Lipinski definition) is 2. The third-order valence-corrected chi connectivity index (χ3v) is 1.56. The SMILES string of the molecule is CCOC(=O)c1cccc(N)c1O.Cl. The molecule has 0 aliphatic heterocycles. The van der Waals surface area contributed by atoms with Crippen molar-refractivity contribution in [2.75, 3.05) is 12.3 Å². The van der Waals surface area contributed by atoms with Crippen molar-refractivity contribution < 1.29 is 14.6 Å². The average molecular weight is 218 g/mol. The Morgan fingerprint density at radius 3 is 2.79 bits per heavy atom. The van der Waals surface area contributed by atoms with E-state index in [1.165, 1.54) is 12.1 Å². The molecule has 0 saturated heterocycles. The number of nitrogens with two attached hydrogens (primary N) is 1. The molecule has 0 aliphatic rings. The summed E-state index contributed by atoms with van der Waals surface area (Å²) in [6.07, 6.45) is 0. The molecule has 0 aromatic heterocycles. The summed E-state index contributed by atoms with van der Waals surface area (Å²) in [4.78, 5) is 11.2. The van der Waals surface area contributed by atoms with Gasteiger partial charge in [-0.25, -0.2) is 4.79 Å². The zero-order valence-corrected chi connectivity index (χ0v) is 8.50. The molecule has 3 N–H and O–H groups in total. The van der Waals surface area contributed by atoms with E-state index in [2.05, 4.69) is 0 Å². The second kappa shape index (κ2) is 5.34. The quantitative estimate of drug-likeness (QED) is 0.448. The number of carbonyl (C=O) groups excluding carboxylic acids is 1. The van der Waals surface area contributed by atoms with E-state index in [-0.39, 0.29) is 36.0 Å². The summed E-state index contributed by atoms with van der Waals surface area (Å²) in [5, 5.41) is 9.37. The van der Waals surface area contributed by atoms with Crippen molar-refractivity contribution in [1.82, 2.24) is 0 Å². The van der Waals surface area contributed by atoms with Crippen LogP contribution in [0.4, 0.5) is 5.69 Å². The van der Waals surface area contributed by atoms with Crippen LogP contribution < -0.4 is 5.73 Å². The Hall–Kier alpha value is -1.42. The number of halogens is 1. The molecule has 0 unspecified atom stereocenters. The number of phenolic OH excluding ortho intramolecular Hbond substituents is 1. The highest BCUT2D eigenvalue weighted by Crippen LogP contribution is 2.24. The fourth-order valence-corrected chi connectivity index (χ4v) is 0.935. The summed E-state index contributed by atoms with van der Waals surface area (Å²) in [5.41, 5.74) is 5.67. The maximum Gasteiger partial charge on any atom is 0.341 e. The van der Waals surface area contributed by atoms with Crippen molar-refractivity contribution in [3.8, 4) is 5.75 Å². The van der Waals surface area contributed by atoms with Gasteiger partial charge in [0.2, 0.25) is 0 Å². The van der Waals surface area contributed by atoms with Crippen molar-refractivity contribution in [3.63, 3.8) is 0 Å². The Bertz CT molecular complexity index is 328. The van der Waals surface area contributed by atoms with E-state index in [1.807, 2.05) is 0 Å². The lowest BCUT2D eigenvalue weighted by atomic mass is 10.2. The third-order valence-electron chi connectivity index (χ3n) is 1.56. The van der Waals surface area contributed by atoms with Gasteiger partial charge < -0.3 is 15.6 Å². The molecule has 0 amide bonds. The van der Waals surface area contributed by atoms with Gasteiger partial charge in [0.25, 0.3) is 0 Å². The Morgan fingerprint density at radius 2 is 2.21 bits per heavy atom. The van der Waals surface area contributed by atoms with E-state index in [4.69, 9.17) is 10.5 Å². The first-order valence-electron chi connectivity index (χ1n) is 3.91. The van der Waals surface area contributed by atoms with Crippen molar-refractivity contribution in [1.29, 1.82) is 0 Å². The predicted molar refractivity (Wildman–Crippen MR) is 55.7 cm³/mol. The van der Waals surface area contributed by atoms with Gasteiger partial charge in [0.1, 0.15) is 5.56 Å².